The first-order valence-electron chi connectivity index (χ1n) is 10.9. The van der Waals surface area contributed by atoms with Crippen molar-refractivity contribution in [2.75, 3.05) is 20.3 Å². The standard InChI is InChI=1S/C25H27ClN2O5S/c1-18-22(26)6-3-7-25(18)34(29,30)28(16-20-5-4-11-27-14-20)15-19-8-9-23(24(13-19)31-2)33-21-10-12-32-17-21/h3-9,11,13-14,21H,10,12,15-17H2,1-2H3/t21-/m1/s1. The number of halogens is 1. The van der Waals surface area contributed by atoms with Gasteiger partial charge in [-0.3, -0.25) is 4.98 Å². The Balaban J connectivity index is 1.66. The molecule has 1 aliphatic heterocycles. The van der Waals surface area contributed by atoms with Crippen LogP contribution >= 0.6 is 11.6 Å². The summed E-state index contributed by atoms with van der Waals surface area (Å²) in [4.78, 5) is 4.31. The van der Waals surface area contributed by atoms with Gasteiger partial charge < -0.3 is 14.2 Å². The Morgan fingerprint density at radius 1 is 1.12 bits per heavy atom. The van der Waals surface area contributed by atoms with Gasteiger partial charge >= 0.3 is 0 Å². The molecule has 0 bridgehead atoms. The molecule has 0 aliphatic carbocycles. The fourth-order valence-corrected chi connectivity index (χ4v) is 5.72. The lowest BCUT2D eigenvalue weighted by atomic mass is 10.2. The summed E-state index contributed by atoms with van der Waals surface area (Å²) in [7, 11) is -2.30. The van der Waals surface area contributed by atoms with Crippen LogP contribution in [0.3, 0.4) is 0 Å². The zero-order chi connectivity index (χ0) is 24.1. The topological polar surface area (TPSA) is 78.0 Å². The number of pyridine rings is 1. The van der Waals surface area contributed by atoms with Crippen molar-refractivity contribution in [3.05, 3.63) is 82.6 Å². The molecule has 7 nitrogen and oxygen atoms in total. The van der Waals surface area contributed by atoms with E-state index in [0.29, 0.717) is 35.3 Å². The van der Waals surface area contributed by atoms with Gasteiger partial charge in [0.1, 0.15) is 6.10 Å². The van der Waals surface area contributed by atoms with E-state index in [0.717, 1.165) is 17.5 Å². The monoisotopic (exact) mass is 502 g/mol. The zero-order valence-electron chi connectivity index (χ0n) is 19.1. The predicted octanol–water partition coefficient (Wildman–Crippen LogP) is 4.61. The van der Waals surface area contributed by atoms with E-state index in [9.17, 15) is 8.42 Å². The highest BCUT2D eigenvalue weighted by Gasteiger charge is 2.28. The van der Waals surface area contributed by atoms with Crippen LogP contribution in [-0.2, 0) is 27.8 Å². The van der Waals surface area contributed by atoms with Gasteiger partial charge in [-0.05, 0) is 53.9 Å². The van der Waals surface area contributed by atoms with Gasteiger partial charge in [0.25, 0.3) is 0 Å². The first-order chi connectivity index (χ1) is 16.4. The minimum Gasteiger partial charge on any atom is -0.493 e. The molecular formula is C25H27ClN2O5S. The van der Waals surface area contributed by atoms with Crippen LogP contribution in [0.4, 0.5) is 0 Å². The van der Waals surface area contributed by atoms with Crippen molar-refractivity contribution in [2.24, 2.45) is 0 Å². The molecule has 1 aromatic heterocycles. The summed E-state index contributed by atoms with van der Waals surface area (Å²) in [6.07, 6.45) is 4.12. The van der Waals surface area contributed by atoms with E-state index < -0.39 is 10.0 Å². The van der Waals surface area contributed by atoms with E-state index in [1.165, 1.54) is 4.31 Å². The second-order valence-electron chi connectivity index (χ2n) is 8.09. The molecule has 34 heavy (non-hydrogen) atoms. The average molecular weight is 503 g/mol. The molecule has 1 aliphatic rings. The second-order valence-corrected chi connectivity index (χ2v) is 10.4. The summed E-state index contributed by atoms with van der Waals surface area (Å²) in [6, 6.07) is 14.0. The van der Waals surface area contributed by atoms with Crippen LogP contribution in [0.15, 0.2) is 65.8 Å². The molecule has 2 heterocycles. The smallest absolute Gasteiger partial charge is 0.243 e. The molecule has 1 saturated heterocycles. The van der Waals surface area contributed by atoms with Crippen LogP contribution in [0.1, 0.15) is 23.1 Å². The molecule has 0 amide bonds. The van der Waals surface area contributed by atoms with Crippen molar-refractivity contribution < 1.29 is 22.6 Å². The van der Waals surface area contributed by atoms with Crippen LogP contribution in [0.5, 0.6) is 11.5 Å². The number of nitrogens with zero attached hydrogens (tertiary/aromatic N) is 2. The van der Waals surface area contributed by atoms with Crippen LogP contribution in [-0.4, -0.2) is 44.1 Å². The molecule has 1 fully saturated rings. The molecule has 0 saturated carbocycles. The number of hydrogen-bond donors (Lipinski definition) is 0. The average Bonchev–Trinajstić information content (AvgIpc) is 3.35. The third kappa shape index (κ3) is 5.52. The molecule has 0 N–H and O–H groups in total. The molecular weight excluding hydrogens is 476 g/mol. The van der Waals surface area contributed by atoms with E-state index in [1.807, 2.05) is 24.3 Å². The highest BCUT2D eigenvalue weighted by Crippen LogP contribution is 2.32. The number of sulfonamides is 1. The van der Waals surface area contributed by atoms with Crippen molar-refractivity contribution in [2.45, 2.75) is 37.4 Å². The fourth-order valence-electron chi connectivity index (χ4n) is 3.82. The molecule has 3 aromatic rings. The Morgan fingerprint density at radius 2 is 1.94 bits per heavy atom. The molecule has 9 heteroatoms. The summed E-state index contributed by atoms with van der Waals surface area (Å²) < 4.78 is 45.8. The van der Waals surface area contributed by atoms with Gasteiger partial charge in [0, 0.05) is 36.9 Å². The lowest BCUT2D eigenvalue weighted by Gasteiger charge is -2.24. The molecule has 2 aromatic carbocycles. The largest absolute Gasteiger partial charge is 0.493 e. The fraction of sp³-hybridized carbons (Fsp3) is 0.320. The Bertz CT molecular complexity index is 1230. The molecule has 0 spiro atoms. The van der Waals surface area contributed by atoms with Gasteiger partial charge in [-0.15, -0.1) is 0 Å². The Kier molecular flexibility index (Phi) is 7.73. The summed E-state index contributed by atoms with van der Waals surface area (Å²) in [5, 5.41) is 0.404. The molecule has 1 atom stereocenters. The maximum atomic E-state index is 13.7. The third-order valence-electron chi connectivity index (χ3n) is 5.69. The number of ether oxygens (including phenoxy) is 3. The number of methoxy groups -OCH3 is 1. The molecule has 0 unspecified atom stereocenters. The first kappa shape index (κ1) is 24.5. The molecule has 180 valence electrons. The lowest BCUT2D eigenvalue weighted by molar-refractivity contribution is 0.138. The predicted molar refractivity (Wildman–Crippen MR) is 130 cm³/mol. The van der Waals surface area contributed by atoms with Gasteiger partial charge in [-0.2, -0.15) is 4.31 Å². The van der Waals surface area contributed by atoms with Gasteiger partial charge in [-0.25, -0.2) is 8.42 Å². The van der Waals surface area contributed by atoms with E-state index in [4.69, 9.17) is 25.8 Å². The first-order valence-corrected chi connectivity index (χ1v) is 12.8. The maximum Gasteiger partial charge on any atom is 0.243 e. The summed E-state index contributed by atoms with van der Waals surface area (Å²) >= 11 is 6.24. The highest BCUT2D eigenvalue weighted by atomic mass is 35.5. The van der Waals surface area contributed by atoms with E-state index in [-0.39, 0.29) is 24.1 Å². The van der Waals surface area contributed by atoms with Crippen molar-refractivity contribution in [3.8, 4) is 11.5 Å². The number of aromatic nitrogens is 1. The quantitative estimate of drug-likeness (QED) is 0.425. The van der Waals surface area contributed by atoms with Crippen LogP contribution < -0.4 is 9.47 Å². The number of rotatable bonds is 9. The Hall–Kier alpha value is -2.65. The van der Waals surface area contributed by atoms with E-state index in [2.05, 4.69) is 4.98 Å². The number of benzene rings is 2. The third-order valence-corrected chi connectivity index (χ3v) is 8.03. The van der Waals surface area contributed by atoms with Gasteiger partial charge in [0.05, 0.1) is 25.2 Å². The SMILES string of the molecule is COc1cc(CN(Cc2cccnc2)S(=O)(=O)c2cccc(Cl)c2C)ccc1O[C@@H]1CCOC1. The Morgan fingerprint density at radius 3 is 2.65 bits per heavy atom. The van der Waals surface area contributed by atoms with Crippen molar-refractivity contribution in [1.82, 2.24) is 9.29 Å². The minimum atomic E-state index is -3.87. The maximum absolute atomic E-state index is 13.7. The summed E-state index contributed by atoms with van der Waals surface area (Å²) in [6.45, 7) is 3.21. The molecule has 4 rings (SSSR count). The zero-order valence-corrected chi connectivity index (χ0v) is 20.7. The van der Waals surface area contributed by atoms with Gasteiger partial charge in [0.15, 0.2) is 11.5 Å². The van der Waals surface area contributed by atoms with E-state index >= 15 is 0 Å². The lowest BCUT2D eigenvalue weighted by Crippen LogP contribution is -2.31. The normalized spacial score (nSPS) is 16.1. The van der Waals surface area contributed by atoms with Gasteiger partial charge in [0.2, 0.25) is 10.0 Å². The van der Waals surface area contributed by atoms with E-state index in [1.54, 1.807) is 50.7 Å². The van der Waals surface area contributed by atoms with Crippen molar-refractivity contribution in [1.29, 1.82) is 0 Å². The van der Waals surface area contributed by atoms with Crippen LogP contribution in [0.2, 0.25) is 5.02 Å². The van der Waals surface area contributed by atoms with Crippen molar-refractivity contribution >= 4 is 21.6 Å². The van der Waals surface area contributed by atoms with Crippen LogP contribution in [0, 0.1) is 6.92 Å². The van der Waals surface area contributed by atoms with Crippen molar-refractivity contribution in [3.63, 3.8) is 0 Å². The number of hydrogen-bond acceptors (Lipinski definition) is 6. The molecule has 0 radical (unpaired) electrons. The Labute approximate surface area is 205 Å². The highest BCUT2D eigenvalue weighted by molar-refractivity contribution is 7.89. The second kappa shape index (κ2) is 10.7. The van der Waals surface area contributed by atoms with Gasteiger partial charge in [-0.1, -0.05) is 29.8 Å². The summed E-state index contributed by atoms with van der Waals surface area (Å²) in [5.41, 5.74) is 2.05. The minimum absolute atomic E-state index is 0.0204. The summed E-state index contributed by atoms with van der Waals surface area (Å²) in [5.74, 6) is 1.15. The van der Waals surface area contributed by atoms with Crippen LogP contribution in [0.25, 0.3) is 0 Å².